The lowest BCUT2D eigenvalue weighted by atomic mass is 10.1. The third-order valence-electron chi connectivity index (χ3n) is 3.95. The molecule has 1 aliphatic rings. The van der Waals surface area contributed by atoms with E-state index in [0.717, 1.165) is 18.5 Å². The number of hydrogen-bond acceptors (Lipinski definition) is 4. The van der Waals surface area contributed by atoms with Gasteiger partial charge in [0.1, 0.15) is 5.71 Å². The number of aromatic nitrogens is 2. The highest BCUT2D eigenvalue weighted by Gasteiger charge is 2.25. The molecule has 0 saturated heterocycles. The van der Waals surface area contributed by atoms with Crippen molar-refractivity contribution in [1.82, 2.24) is 15.1 Å². The number of carbonyl (C=O) groups excluding carboxylic acids is 2. The number of anilines is 1. The average Bonchev–Trinajstić information content (AvgIpc) is 3.12. The van der Waals surface area contributed by atoms with Gasteiger partial charge in [0, 0.05) is 38.3 Å². The van der Waals surface area contributed by atoms with Crippen LogP contribution in [0.3, 0.4) is 0 Å². The Balaban J connectivity index is 1.59. The van der Waals surface area contributed by atoms with Crippen LogP contribution in [0.4, 0.5) is 5.69 Å². The Morgan fingerprint density at radius 2 is 2.16 bits per heavy atom. The van der Waals surface area contributed by atoms with Gasteiger partial charge in [-0.25, -0.2) is 5.01 Å². The Bertz CT molecular complexity index is 783. The van der Waals surface area contributed by atoms with Crippen LogP contribution in [-0.2, 0) is 16.1 Å². The summed E-state index contributed by atoms with van der Waals surface area (Å²) in [5.41, 5.74) is 2.12. The number of amides is 2. The number of hydrazone groups is 1. The van der Waals surface area contributed by atoms with Crippen LogP contribution in [0, 0.1) is 6.92 Å². The van der Waals surface area contributed by atoms with E-state index < -0.39 is 0 Å². The van der Waals surface area contributed by atoms with Crippen LogP contribution in [0.5, 0.6) is 0 Å². The van der Waals surface area contributed by atoms with Gasteiger partial charge in [-0.1, -0.05) is 12.1 Å². The SMILES string of the molecule is Cc1cccc(N2N=C(C(=O)NCCCn3cccn3)CCC2=O)c1. The molecular formula is C18H21N5O2. The van der Waals surface area contributed by atoms with E-state index in [4.69, 9.17) is 0 Å². The molecule has 130 valence electrons. The highest BCUT2D eigenvalue weighted by atomic mass is 16.2. The van der Waals surface area contributed by atoms with Crippen molar-refractivity contribution in [3.63, 3.8) is 0 Å². The van der Waals surface area contributed by atoms with Crippen molar-refractivity contribution in [2.45, 2.75) is 32.7 Å². The minimum atomic E-state index is -0.217. The molecule has 1 N–H and O–H groups in total. The number of hydrogen-bond donors (Lipinski definition) is 1. The molecule has 2 amide bonds. The molecule has 0 fully saturated rings. The highest BCUT2D eigenvalue weighted by molar-refractivity contribution is 6.40. The first kappa shape index (κ1) is 16.9. The van der Waals surface area contributed by atoms with Gasteiger partial charge >= 0.3 is 0 Å². The van der Waals surface area contributed by atoms with Crippen LogP contribution in [0.1, 0.15) is 24.8 Å². The molecule has 2 heterocycles. The van der Waals surface area contributed by atoms with E-state index in [1.807, 2.05) is 48.1 Å². The second kappa shape index (κ2) is 7.74. The summed E-state index contributed by atoms with van der Waals surface area (Å²) in [6.45, 7) is 3.23. The maximum Gasteiger partial charge on any atom is 0.267 e. The molecule has 0 atom stereocenters. The van der Waals surface area contributed by atoms with E-state index >= 15 is 0 Å². The average molecular weight is 339 g/mol. The van der Waals surface area contributed by atoms with Crippen molar-refractivity contribution in [2.24, 2.45) is 5.10 Å². The van der Waals surface area contributed by atoms with E-state index in [9.17, 15) is 9.59 Å². The maximum absolute atomic E-state index is 12.3. The molecular weight excluding hydrogens is 318 g/mol. The molecule has 0 aliphatic carbocycles. The fourth-order valence-corrected chi connectivity index (χ4v) is 2.66. The normalized spacial score (nSPS) is 14.4. The summed E-state index contributed by atoms with van der Waals surface area (Å²) in [5.74, 6) is -0.313. The topological polar surface area (TPSA) is 79.6 Å². The smallest absolute Gasteiger partial charge is 0.267 e. The first-order chi connectivity index (χ1) is 12.1. The van der Waals surface area contributed by atoms with Crippen LogP contribution in [-0.4, -0.2) is 33.9 Å². The van der Waals surface area contributed by atoms with Gasteiger partial charge < -0.3 is 5.32 Å². The monoisotopic (exact) mass is 339 g/mol. The number of aryl methyl sites for hydroxylation is 2. The molecule has 0 spiro atoms. The van der Waals surface area contributed by atoms with Gasteiger partial charge in [-0.05, 0) is 37.1 Å². The zero-order valence-electron chi connectivity index (χ0n) is 14.2. The lowest BCUT2D eigenvalue weighted by Gasteiger charge is -2.23. The van der Waals surface area contributed by atoms with Crippen molar-refractivity contribution in [2.75, 3.05) is 11.6 Å². The molecule has 1 aliphatic heterocycles. The van der Waals surface area contributed by atoms with Gasteiger partial charge in [-0.2, -0.15) is 10.2 Å². The largest absolute Gasteiger partial charge is 0.351 e. The first-order valence-electron chi connectivity index (χ1n) is 8.36. The van der Waals surface area contributed by atoms with E-state index in [0.29, 0.717) is 24.4 Å². The van der Waals surface area contributed by atoms with E-state index in [2.05, 4.69) is 15.5 Å². The summed E-state index contributed by atoms with van der Waals surface area (Å²) in [7, 11) is 0. The third kappa shape index (κ3) is 4.32. The second-order valence-electron chi connectivity index (χ2n) is 5.97. The molecule has 7 heteroatoms. The second-order valence-corrected chi connectivity index (χ2v) is 5.97. The van der Waals surface area contributed by atoms with E-state index in [-0.39, 0.29) is 18.2 Å². The number of carbonyl (C=O) groups is 2. The lowest BCUT2D eigenvalue weighted by Crippen LogP contribution is -2.39. The van der Waals surface area contributed by atoms with Crippen LogP contribution in [0.25, 0.3) is 0 Å². The van der Waals surface area contributed by atoms with Crippen molar-refractivity contribution in [3.8, 4) is 0 Å². The van der Waals surface area contributed by atoms with Gasteiger partial charge in [-0.3, -0.25) is 14.3 Å². The summed E-state index contributed by atoms with van der Waals surface area (Å²) in [6, 6.07) is 9.39. The molecule has 1 aromatic heterocycles. The third-order valence-corrected chi connectivity index (χ3v) is 3.95. The predicted molar refractivity (Wildman–Crippen MR) is 95.2 cm³/mol. The predicted octanol–water partition coefficient (Wildman–Crippen LogP) is 1.88. The first-order valence-corrected chi connectivity index (χ1v) is 8.36. The number of rotatable bonds is 6. The van der Waals surface area contributed by atoms with E-state index in [1.165, 1.54) is 5.01 Å². The minimum absolute atomic E-state index is 0.0965. The Labute approximate surface area is 146 Å². The van der Waals surface area contributed by atoms with Crippen LogP contribution in [0.15, 0.2) is 47.8 Å². The molecule has 0 saturated carbocycles. The van der Waals surface area contributed by atoms with Gasteiger partial charge in [0.25, 0.3) is 5.91 Å². The minimum Gasteiger partial charge on any atom is -0.351 e. The van der Waals surface area contributed by atoms with Gasteiger partial charge in [0.15, 0.2) is 0 Å². The molecule has 7 nitrogen and oxygen atoms in total. The Morgan fingerprint density at radius 3 is 2.92 bits per heavy atom. The zero-order valence-corrected chi connectivity index (χ0v) is 14.2. The maximum atomic E-state index is 12.3. The van der Waals surface area contributed by atoms with Gasteiger partial charge in [0.2, 0.25) is 5.91 Å². The molecule has 0 unspecified atom stereocenters. The molecule has 3 rings (SSSR count). The fourth-order valence-electron chi connectivity index (χ4n) is 2.66. The van der Waals surface area contributed by atoms with E-state index in [1.54, 1.807) is 6.20 Å². The Morgan fingerprint density at radius 1 is 1.28 bits per heavy atom. The Hall–Kier alpha value is -2.96. The quantitative estimate of drug-likeness (QED) is 0.816. The van der Waals surface area contributed by atoms with Gasteiger partial charge in [0.05, 0.1) is 5.69 Å². The van der Waals surface area contributed by atoms with Crippen molar-refractivity contribution < 1.29 is 9.59 Å². The van der Waals surface area contributed by atoms with Crippen molar-refractivity contribution in [3.05, 3.63) is 48.3 Å². The lowest BCUT2D eigenvalue weighted by molar-refractivity contribution is -0.118. The molecule has 0 bridgehead atoms. The molecule has 0 radical (unpaired) electrons. The summed E-state index contributed by atoms with van der Waals surface area (Å²) in [6.07, 6.45) is 5.05. The van der Waals surface area contributed by atoms with Crippen LogP contribution < -0.4 is 10.3 Å². The summed E-state index contributed by atoms with van der Waals surface area (Å²) >= 11 is 0. The molecule has 1 aromatic carbocycles. The van der Waals surface area contributed by atoms with Crippen LogP contribution in [0.2, 0.25) is 0 Å². The summed E-state index contributed by atoms with van der Waals surface area (Å²) < 4.78 is 1.82. The highest BCUT2D eigenvalue weighted by Crippen LogP contribution is 2.21. The zero-order chi connectivity index (χ0) is 17.6. The fraction of sp³-hybridized carbons (Fsp3) is 0.333. The van der Waals surface area contributed by atoms with Crippen molar-refractivity contribution in [1.29, 1.82) is 0 Å². The van der Waals surface area contributed by atoms with Gasteiger partial charge in [-0.15, -0.1) is 0 Å². The number of nitrogens with one attached hydrogen (secondary N) is 1. The van der Waals surface area contributed by atoms with Crippen molar-refractivity contribution >= 4 is 23.2 Å². The summed E-state index contributed by atoms with van der Waals surface area (Å²) in [5, 5.41) is 12.6. The number of benzene rings is 1. The van der Waals surface area contributed by atoms with Crippen LogP contribution >= 0.6 is 0 Å². The Kier molecular flexibility index (Phi) is 5.23. The number of nitrogens with zero attached hydrogens (tertiary/aromatic N) is 4. The summed E-state index contributed by atoms with van der Waals surface area (Å²) in [4.78, 5) is 24.5. The molecule has 25 heavy (non-hydrogen) atoms. The molecule has 2 aromatic rings. The standard InChI is InChI=1S/C18H21N5O2/c1-14-5-2-6-15(13-14)23-17(24)8-7-16(21-23)18(25)19-9-3-11-22-12-4-10-20-22/h2,4-6,10,12-13H,3,7-9,11H2,1H3,(H,19,25).